The van der Waals surface area contributed by atoms with Gasteiger partial charge >= 0.3 is 5.97 Å². The molecule has 0 atom stereocenters. The monoisotopic (exact) mass is 365 g/mol. The van der Waals surface area contributed by atoms with Crippen LogP contribution in [0.25, 0.3) is 0 Å². The highest BCUT2D eigenvalue weighted by atomic mass is 16.5. The molecule has 1 aliphatic carbocycles. The van der Waals surface area contributed by atoms with Gasteiger partial charge in [0.1, 0.15) is 0 Å². The number of esters is 1. The maximum absolute atomic E-state index is 11.6. The van der Waals surface area contributed by atoms with Gasteiger partial charge in [-0.1, -0.05) is 74.0 Å². The van der Waals surface area contributed by atoms with Gasteiger partial charge in [0.2, 0.25) is 0 Å². The van der Waals surface area contributed by atoms with Crippen LogP contribution >= 0.6 is 0 Å². The molecule has 0 aliphatic heterocycles. The number of nitrogens with zero attached hydrogens (tertiary/aromatic N) is 1. The zero-order valence-corrected chi connectivity index (χ0v) is 16.6. The molecule has 144 valence electrons. The number of methoxy groups -OCH3 is 1. The molecule has 3 rings (SSSR count). The maximum Gasteiger partial charge on any atom is 0.305 e. The summed E-state index contributed by atoms with van der Waals surface area (Å²) >= 11 is 0. The molecule has 1 fully saturated rings. The van der Waals surface area contributed by atoms with E-state index in [1.165, 1.54) is 31.1 Å². The minimum Gasteiger partial charge on any atom is -0.469 e. The van der Waals surface area contributed by atoms with Crippen LogP contribution in [0.5, 0.6) is 0 Å². The molecule has 1 aliphatic rings. The second-order valence-corrected chi connectivity index (χ2v) is 7.87. The van der Waals surface area contributed by atoms with E-state index in [2.05, 4.69) is 72.5 Å². The lowest BCUT2D eigenvalue weighted by molar-refractivity contribution is -0.142. The smallest absolute Gasteiger partial charge is 0.305 e. The highest BCUT2D eigenvalue weighted by Gasteiger charge is 2.45. The van der Waals surface area contributed by atoms with Crippen molar-refractivity contribution in [2.45, 2.75) is 58.2 Å². The summed E-state index contributed by atoms with van der Waals surface area (Å²) in [6.45, 7) is 4.20. The molecule has 0 N–H and O–H groups in total. The zero-order valence-electron chi connectivity index (χ0n) is 16.6. The highest BCUT2D eigenvalue weighted by molar-refractivity contribution is 5.69. The van der Waals surface area contributed by atoms with Crippen molar-refractivity contribution in [1.29, 1.82) is 0 Å². The Labute approximate surface area is 163 Å². The molecule has 2 aromatic rings. The number of carbonyl (C=O) groups is 1. The van der Waals surface area contributed by atoms with Crippen LogP contribution in [-0.4, -0.2) is 24.0 Å². The molecule has 3 heteroatoms. The Morgan fingerprint density at radius 1 is 1.00 bits per heavy atom. The molecular formula is C24H31NO2. The van der Waals surface area contributed by atoms with Crippen LogP contribution in [-0.2, 0) is 22.6 Å². The van der Waals surface area contributed by atoms with Crippen LogP contribution in [0.2, 0.25) is 0 Å². The third-order valence-electron chi connectivity index (χ3n) is 6.15. The highest BCUT2D eigenvalue weighted by Crippen LogP contribution is 2.50. The summed E-state index contributed by atoms with van der Waals surface area (Å²) in [4.78, 5) is 14.2. The quantitative estimate of drug-likeness (QED) is 0.572. The summed E-state index contributed by atoms with van der Waals surface area (Å²) < 4.78 is 4.84. The number of rotatable bonds is 9. The van der Waals surface area contributed by atoms with Crippen molar-refractivity contribution in [3.63, 3.8) is 0 Å². The summed E-state index contributed by atoms with van der Waals surface area (Å²) in [6.07, 6.45) is 4.94. The average Bonchev–Trinajstić information content (AvgIpc) is 2.68. The van der Waals surface area contributed by atoms with Gasteiger partial charge in [-0.3, -0.25) is 9.69 Å². The van der Waals surface area contributed by atoms with Gasteiger partial charge in [0.05, 0.1) is 7.11 Å². The molecule has 1 saturated carbocycles. The van der Waals surface area contributed by atoms with Gasteiger partial charge in [0, 0.05) is 25.6 Å². The van der Waals surface area contributed by atoms with E-state index in [4.69, 9.17) is 4.74 Å². The van der Waals surface area contributed by atoms with Crippen LogP contribution in [0.15, 0.2) is 60.7 Å². The second-order valence-electron chi connectivity index (χ2n) is 7.87. The molecule has 0 heterocycles. The molecule has 0 spiro atoms. The van der Waals surface area contributed by atoms with Gasteiger partial charge in [-0.05, 0) is 35.8 Å². The fourth-order valence-electron chi connectivity index (χ4n) is 4.29. The molecular weight excluding hydrogens is 334 g/mol. The van der Waals surface area contributed by atoms with Gasteiger partial charge < -0.3 is 4.74 Å². The average molecular weight is 366 g/mol. The molecule has 3 nitrogen and oxygen atoms in total. The Bertz CT molecular complexity index is 666. The van der Waals surface area contributed by atoms with E-state index in [0.717, 1.165) is 25.9 Å². The lowest BCUT2D eigenvalue weighted by Gasteiger charge is -2.52. The summed E-state index contributed by atoms with van der Waals surface area (Å²) in [6, 6.07) is 22.0. The Morgan fingerprint density at radius 3 is 1.96 bits per heavy atom. The largest absolute Gasteiger partial charge is 0.469 e. The predicted octanol–water partition coefficient (Wildman–Crippen LogP) is 5.20. The zero-order chi connectivity index (χ0) is 19.1. The molecule has 0 unspecified atom stereocenters. The van der Waals surface area contributed by atoms with Crippen LogP contribution in [0, 0.1) is 5.41 Å². The first-order valence-electron chi connectivity index (χ1n) is 10.0. The molecule has 27 heavy (non-hydrogen) atoms. The van der Waals surface area contributed by atoms with Crippen molar-refractivity contribution < 1.29 is 9.53 Å². The topological polar surface area (TPSA) is 29.5 Å². The van der Waals surface area contributed by atoms with Gasteiger partial charge in [0.15, 0.2) is 0 Å². The second kappa shape index (κ2) is 9.18. The van der Waals surface area contributed by atoms with Crippen LogP contribution in [0.4, 0.5) is 0 Å². The number of benzene rings is 2. The third-order valence-corrected chi connectivity index (χ3v) is 6.15. The summed E-state index contributed by atoms with van der Waals surface area (Å²) in [5.74, 6) is -0.0864. The molecule has 0 amide bonds. The van der Waals surface area contributed by atoms with E-state index < -0.39 is 0 Å². The normalized spacial score (nSPS) is 21.7. The van der Waals surface area contributed by atoms with Gasteiger partial charge in [-0.2, -0.15) is 0 Å². The Hall–Kier alpha value is -2.13. The Balaban J connectivity index is 1.67. The predicted molar refractivity (Wildman–Crippen MR) is 109 cm³/mol. The van der Waals surface area contributed by atoms with Gasteiger partial charge in [0.25, 0.3) is 0 Å². The Morgan fingerprint density at radius 2 is 1.52 bits per heavy atom. The fourth-order valence-corrected chi connectivity index (χ4v) is 4.29. The maximum atomic E-state index is 11.6. The summed E-state index contributed by atoms with van der Waals surface area (Å²) in [7, 11) is 1.48. The van der Waals surface area contributed by atoms with Crippen molar-refractivity contribution in [1.82, 2.24) is 4.90 Å². The molecule has 0 bridgehead atoms. The van der Waals surface area contributed by atoms with E-state index in [1.807, 2.05) is 0 Å². The number of hydrogen-bond acceptors (Lipinski definition) is 3. The number of carbonyl (C=O) groups excluding carboxylic acids is 1. The van der Waals surface area contributed by atoms with E-state index >= 15 is 0 Å². The summed E-state index contributed by atoms with van der Waals surface area (Å²) in [5, 5.41) is 0. The number of ether oxygens (including phenoxy) is 1. The van der Waals surface area contributed by atoms with E-state index in [9.17, 15) is 4.79 Å². The van der Waals surface area contributed by atoms with Crippen molar-refractivity contribution in [2.24, 2.45) is 5.41 Å². The summed E-state index contributed by atoms with van der Waals surface area (Å²) in [5.41, 5.74) is 3.01. The lowest BCUT2D eigenvalue weighted by Crippen LogP contribution is -2.50. The first kappa shape index (κ1) is 19.6. The first-order valence-corrected chi connectivity index (χ1v) is 10.0. The van der Waals surface area contributed by atoms with Crippen LogP contribution < -0.4 is 0 Å². The molecule has 0 aromatic heterocycles. The standard InChI is InChI=1S/C24H31NO2/c1-3-24(15-14-23(26)27-2)16-22(17-24)25(18-20-10-6-4-7-11-20)19-21-12-8-5-9-13-21/h4-13,22H,3,14-19H2,1-2H3. The third kappa shape index (κ3) is 5.20. The van der Waals surface area contributed by atoms with Crippen molar-refractivity contribution in [3.8, 4) is 0 Å². The first-order chi connectivity index (χ1) is 13.1. The van der Waals surface area contributed by atoms with Crippen molar-refractivity contribution in [3.05, 3.63) is 71.8 Å². The molecule has 0 radical (unpaired) electrons. The minimum atomic E-state index is -0.0864. The van der Waals surface area contributed by atoms with Crippen LogP contribution in [0.3, 0.4) is 0 Å². The van der Waals surface area contributed by atoms with Crippen molar-refractivity contribution in [2.75, 3.05) is 7.11 Å². The molecule has 0 saturated heterocycles. The van der Waals surface area contributed by atoms with Crippen LogP contribution in [0.1, 0.15) is 50.2 Å². The lowest BCUT2D eigenvalue weighted by atomic mass is 9.61. The van der Waals surface area contributed by atoms with Gasteiger partial charge in [-0.15, -0.1) is 0 Å². The van der Waals surface area contributed by atoms with E-state index in [0.29, 0.717) is 17.9 Å². The minimum absolute atomic E-state index is 0.0864. The fraction of sp³-hybridized carbons (Fsp3) is 0.458. The SMILES string of the molecule is CCC1(CCC(=O)OC)CC(N(Cc2ccccc2)Cc2ccccc2)C1. The number of hydrogen-bond donors (Lipinski definition) is 0. The molecule has 2 aromatic carbocycles. The van der Waals surface area contributed by atoms with E-state index in [1.54, 1.807) is 0 Å². The Kier molecular flexibility index (Phi) is 6.68. The van der Waals surface area contributed by atoms with E-state index in [-0.39, 0.29) is 5.97 Å². The van der Waals surface area contributed by atoms with Gasteiger partial charge in [-0.25, -0.2) is 0 Å². The van der Waals surface area contributed by atoms with Crippen molar-refractivity contribution >= 4 is 5.97 Å².